The van der Waals surface area contributed by atoms with Gasteiger partial charge in [0.1, 0.15) is 12.2 Å². The molecule has 0 bridgehead atoms. The Bertz CT molecular complexity index is 533. The van der Waals surface area contributed by atoms with Crippen LogP contribution in [0.3, 0.4) is 0 Å². The van der Waals surface area contributed by atoms with Gasteiger partial charge in [0, 0.05) is 11.3 Å². The quantitative estimate of drug-likeness (QED) is 0.838. The summed E-state index contributed by atoms with van der Waals surface area (Å²) in [6, 6.07) is 9.77. The maximum Gasteiger partial charge on any atom is 0.342 e. The fraction of sp³-hybridized carbons (Fsp3) is 0.375. The third kappa shape index (κ3) is 3.07. The van der Waals surface area contributed by atoms with E-state index in [9.17, 15) is 4.79 Å². The van der Waals surface area contributed by atoms with Crippen LogP contribution in [0.2, 0.25) is 0 Å². The monoisotopic (exact) mass is 272 g/mol. The van der Waals surface area contributed by atoms with E-state index in [4.69, 9.17) is 4.74 Å². The molecule has 2 rings (SSSR count). The number of nitrogens with zero attached hydrogens (tertiary/aromatic N) is 1. The van der Waals surface area contributed by atoms with Gasteiger partial charge in [0.15, 0.2) is 0 Å². The first-order chi connectivity index (χ1) is 9.77. The highest BCUT2D eigenvalue weighted by atomic mass is 16.5. The molecule has 0 aromatic heterocycles. The summed E-state index contributed by atoms with van der Waals surface area (Å²) in [5.74, 6) is -0.300. The van der Waals surface area contributed by atoms with Crippen molar-refractivity contribution < 1.29 is 9.53 Å². The molecule has 0 unspecified atom stereocenters. The summed E-state index contributed by atoms with van der Waals surface area (Å²) in [6.07, 6.45) is 1.79. The summed E-state index contributed by atoms with van der Waals surface area (Å²) in [7, 11) is 0. The Balaban J connectivity index is 2.43. The molecule has 4 heteroatoms. The molecule has 0 fully saturated rings. The standard InChI is InChI=1S/C16H20N2O2/c1-3-8-13-14(16(19)20-4-2)15(18-11-17-13)12-9-6-5-7-10-12/h5-7,9-10,17H,3-4,8,11H2,1-2H3. The summed E-state index contributed by atoms with van der Waals surface area (Å²) in [6.45, 7) is 4.77. The number of carbonyl (C=O) groups excluding carboxylic acids is 1. The van der Waals surface area contributed by atoms with E-state index in [0.717, 1.165) is 29.8 Å². The lowest BCUT2D eigenvalue weighted by atomic mass is 9.97. The van der Waals surface area contributed by atoms with Gasteiger partial charge < -0.3 is 10.1 Å². The van der Waals surface area contributed by atoms with Crippen LogP contribution < -0.4 is 5.32 Å². The lowest BCUT2D eigenvalue weighted by Crippen LogP contribution is -2.30. The smallest absolute Gasteiger partial charge is 0.342 e. The van der Waals surface area contributed by atoms with Gasteiger partial charge >= 0.3 is 5.97 Å². The second kappa shape index (κ2) is 6.89. The topological polar surface area (TPSA) is 50.7 Å². The number of nitrogens with one attached hydrogen (secondary N) is 1. The van der Waals surface area contributed by atoms with Crippen molar-refractivity contribution >= 4 is 11.7 Å². The molecule has 1 aliphatic heterocycles. The SMILES string of the molecule is CCCC1=C(C(=O)OCC)C(c2ccccc2)=NCN1. The molecule has 0 saturated carbocycles. The molecule has 4 nitrogen and oxygen atoms in total. The highest BCUT2D eigenvalue weighted by Crippen LogP contribution is 2.20. The van der Waals surface area contributed by atoms with E-state index in [2.05, 4.69) is 17.2 Å². The summed E-state index contributed by atoms with van der Waals surface area (Å²) in [4.78, 5) is 16.7. The van der Waals surface area contributed by atoms with Crippen LogP contribution in [0, 0.1) is 0 Å². The zero-order valence-electron chi connectivity index (χ0n) is 12.0. The number of carbonyl (C=O) groups is 1. The van der Waals surface area contributed by atoms with Gasteiger partial charge in [0.2, 0.25) is 0 Å². The van der Waals surface area contributed by atoms with Crippen LogP contribution in [-0.4, -0.2) is 25.0 Å². The minimum Gasteiger partial charge on any atom is -0.462 e. The number of aliphatic imine (C=N–C) groups is 1. The molecule has 0 aliphatic carbocycles. The molecule has 0 radical (unpaired) electrons. The summed E-state index contributed by atoms with van der Waals surface area (Å²) < 4.78 is 5.19. The zero-order chi connectivity index (χ0) is 14.4. The average molecular weight is 272 g/mol. The van der Waals surface area contributed by atoms with Crippen LogP contribution >= 0.6 is 0 Å². The Morgan fingerprint density at radius 2 is 2.05 bits per heavy atom. The van der Waals surface area contributed by atoms with Crippen LogP contribution in [0.4, 0.5) is 0 Å². The van der Waals surface area contributed by atoms with Gasteiger partial charge in [0.05, 0.1) is 12.3 Å². The lowest BCUT2D eigenvalue weighted by molar-refractivity contribution is -0.138. The van der Waals surface area contributed by atoms with Crippen molar-refractivity contribution in [1.29, 1.82) is 0 Å². The van der Waals surface area contributed by atoms with Crippen molar-refractivity contribution in [3.63, 3.8) is 0 Å². The molecular formula is C16H20N2O2. The van der Waals surface area contributed by atoms with E-state index in [1.165, 1.54) is 0 Å². The minimum atomic E-state index is -0.300. The second-order valence-electron chi connectivity index (χ2n) is 4.53. The van der Waals surface area contributed by atoms with Crippen LogP contribution in [0.15, 0.2) is 46.6 Å². The average Bonchev–Trinajstić information content (AvgIpc) is 2.48. The van der Waals surface area contributed by atoms with Gasteiger partial charge in [-0.25, -0.2) is 4.79 Å². The second-order valence-corrected chi connectivity index (χ2v) is 4.53. The number of esters is 1. The molecule has 0 saturated heterocycles. The molecule has 0 spiro atoms. The Labute approximate surface area is 119 Å². The van der Waals surface area contributed by atoms with Crippen molar-refractivity contribution in [2.75, 3.05) is 13.3 Å². The lowest BCUT2D eigenvalue weighted by Gasteiger charge is -2.21. The number of benzene rings is 1. The molecule has 1 aromatic rings. The number of hydrogen-bond donors (Lipinski definition) is 1. The van der Waals surface area contributed by atoms with E-state index in [-0.39, 0.29) is 5.97 Å². The number of hydrogen-bond acceptors (Lipinski definition) is 4. The van der Waals surface area contributed by atoms with Crippen LogP contribution in [-0.2, 0) is 9.53 Å². The first kappa shape index (κ1) is 14.3. The summed E-state index contributed by atoms with van der Waals surface area (Å²) in [5, 5.41) is 3.20. The van der Waals surface area contributed by atoms with Crippen molar-refractivity contribution in [2.24, 2.45) is 4.99 Å². The molecule has 106 valence electrons. The minimum absolute atomic E-state index is 0.300. The predicted octanol–water partition coefficient (Wildman–Crippen LogP) is 2.65. The van der Waals surface area contributed by atoms with E-state index in [1.54, 1.807) is 0 Å². The van der Waals surface area contributed by atoms with Crippen LogP contribution in [0.25, 0.3) is 0 Å². The predicted molar refractivity (Wildman–Crippen MR) is 79.5 cm³/mol. The van der Waals surface area contributed by atoms with Crippen molar-refractivity contribution in [2.45, 2.75) is 26.7 Å². The number of rotatable bonds is 5. The highest BCUT2D eigenvalue weighted by Gasteiger charge is 2.25. The Morgan fingerprint density at radius 3 is 2.70 bits per heavy atom. The van der Waals surface area contributed by atoms with Crippen molar-refractivity contribution in [3.8, 4) is 0 Å². The molecule has 1 aliphatic rings. The number of allylic oxidation sites excluding steroid dienone is 1. The van der Waals surface area contributed by atoms with Gasteiger partial charge in [-0.2, -0.15) is 0 Å². The first-order valence-electron chi connectivity index (χ1n) is 7.02. The van der Waals surface area contributed by atoms with Crippen molar-refractivity contribution in [3.05, 3.63) is 47.2 Å². The largest absolute Gasteiger partial charge is 0.462 e. The van der Waals surface area contributed by atoms with Crippen LogP contribution in [0.5, 0.6) is 0 Å². The van der Waals surface area contributed by atoms with Crippen LogP contribution in [0.1, 0.15) is 32.3 Å². The summed E-state index contributed by atoms with van der Waals surface area (Å²) >= 11 is 0. The maximum absolute atomic E-state index is 12.3. The molecule has 1 aromatic carbocycles. The van der Waals surface area contributed by atoms with Gasteiger partial charge in [-0.1, -0.05) is 43.7 Å². The third-order valence-electron chi connectivity index (χ3n) is 3.09. The van der Waals surface area contributed by atoms with E-state index in [0.29, 0.717) is 18.8 Å². The Morgan fingerprint density at radius 1 is 1.30 bits per heavy atom. The van der Waals surface area contributed by atoms with E-state index < -0.39 is 0 Å². The summed E-state index contributed by atoms with van der Waals surface area (Å²) in [5.41, 5.74) is 3.18. The maximum atomic E-state index is 12.3. The third-order valence-corrected chi connectivity index (χ3v) is 3.09. The normalized spacial score (nSPS) is 14.6. The molecule has 1 N–H and O–H groups in total. The molecule has 0 atom stereocenters. The fourth-order valence-corrected chi connectivity index (χ4v) is 2.24. The van der Waals surface area contributed by atoms with Gasteiger partial charge in [-0.05, 0) is 13.3 Å². The molecular weight excluding hydrogens is 252 g/mol. The first-order valence-corrected chi connectivity index (χ1v) is 7.02. The van der Waals surface area contributed by atoms with Gasteiger partial charge in [-0.3, -0.25) is 4.99 Å². The highest BCUT2D eigenvalue weighted by molar-refractivity contribution is 6.27. The Hall–Kier alpha value is -2.10. The van der Waals surface area contributed by atoms with Gasteiger partial charge in [0.25, 0.3) is 0 Å². The van der Waals surface area contributed by atoms with Gasteiger partial charge in [-0.15, -0.1) is 0 Å². The van der Waals surface area contributed by atoms with E-state index in [1.807, 2.05) is 37.3 Å². The van der Waals surface area contributed by atoms with E-state index >= 15 is 0 Å². The van der Waals surface area contributed by atoms with Crippen molar-refractivity contribution in [1.82, 2.24) is 5.32 Å². The zero-order valence-corrected chi connectivity index (χ0v) is 12.0. The molecule has 20 heavy (non-hydrogen) atoms. The Kier molecular flexibility index (Phi) is 4.93. The molecule has 1 heterocycles. The fourth-order valence-electron chi connectivity index (χ4n) is 2.24. The molecule has 0 amide bonds. The number of ether oxygens (including phenoxy) is 1.